The van der Waals surface area contributed by atoms with Crippen LogP contribution in [0.2, 0.25) is 5.02 Å². The van der Waals surface area contributed by atoms with Crippen molar-refractivity contribution < 1.29 is 14.3 Å². The van der Waals surface area contributed by atoms with Crippen LogP contribution in [-0.2, 0) is 0 Å². The third kappa shape index (κ3) is 3.33. The summed E-state index contributed by atoms with van der Waals surface area (Å²) in [6.07, 6.45) is 3.53. The highest BCUT2D eigenvalue weighted by Gasteiger charge is 2.27. The Labute approximate surface area is 160 Å². The predicted octanol–water partition coefficient (Wildman–Crippen LogP) is 3.10. The summed E-state index contributed by atoms with van der Waals surface area (Å²) in [5, 5.41) is 3.54. The number of benzene rings is 1. The van der Waals surface area contributed by atoms with E-state index in [0.717, 1.165) is 11.3 Å². The Morgan fingerprint density at radius 1 is 1.37 bits per heavy atom. The molecule has 0 unspecified atom stereocenters. The Hall–Kier alpha value is -3.06. The maximum atomic E-state index is 12.7. The topological polar surface area (TPSA) is 78.3 Å². The summed E-state index contributed by atoms with van der Waals surface area (Å²) in [6, 6.07) is 8.55. The Kier molecular flexibility index (Phi) is 4.45. The molecular formula is C19H17ClN4O3. The summed E-state index contributed by atoms with van der Waals surface area (Å²) < 4.78 is 12.8. The zero-order valence-electron chi connectivity index (χ0n) is 14.8. The van der Waals surface area contributed by atoms with Gasteiger partial charge < -0.3 is 19.4 Å². The molecule has 8 heteroatoms. The number of amides is 1. The first-order valence-electron chi connectivity index (χ1n) is 8.34. The number of halogens is 1. The molecule has 3 aromatic rings. The first-order valence-corrected chi connectivity index (χ1v) is 8.72. The molecular weight excluding hydrogens is 368 g/mol. The van der Waals surface area contributed by atoms with Crippen molar-refractivity contribution >= 4 is 17.5 Å². The smallest absolute Gasteiger partial charge is 0.270 e. The number of rotatable bonds is 4. The molecule has 4 rings (SSSR count). The summed E-state index contributed by atoms with van der Waals surface area (Å²) in [6.45, 7) is 2.25. The van der Waals surface area contributed by atoms with Crippen LogP contribution >= 0.6 is 11.6 Å². The van der Waals surface area contributed by atoms with Crippen LogP contribution in [0.3, 0.4) is 0 Å². The molecule has 0 bridgehead atoms. The number of hydrogen-bond donors (Lipinski definition) is 1. The van der Waals surface area contributed by atoms with E-state index in [0.29, 0.717) is 28.9 Å². The van der Waals surface area contributed by atoms with Gasteiger partial charge in [-0.1, -0.05) is 17.7 Å². The lowest BCUT2D eigenvalue weighted by molar-refractivity contribution is 0.0924. The van der Waals surface area contributed by atoms with Crippen LogP contribution in [0.15, 0.2) is 42.9 Å². The lowest BCUT2D eigenvalue weighted by Crippen LogP contribution is -2.30. The van der Waals surface area contributed by atoms with Crippen LogP contribution in [0.1, 0.15) is 27.8 Å². The van der Waals surface area contributed by atoms with E-state index in [9.17, 15) is 4.79 Å². The molecule has 0 aliphatic carbocycles. The summed E-state index contributed by atoms with van der Waals surface area (Å²) in [7, 11) is 1.52. The third-order valence-electron chi connectivity index (χ3n) is 4.32. The molecule has 0 saturated carbocycles. The van der Waals surface area contributed by atoms with Gasteiger partial charge in [0.2, 0.25) is 5.88 Å². The first-order chi connectivity index (χ1) is 13.0. The van der Waals surface area contributed by atoms with Crippen LogP contribution in [0.5, 0.6) is 11.6 Å². The fraction of sp³-hybridized carbons (Fsp3) is 0.211. The SMILES string of the molecule is COc1nc(C(=O)N[C@@H]2COc3cc(Cl)ccc32)ccc1-n1cnc(C)c1. The second-order valence-electron chi connectivity index (χ2n) is 6.17. The monoisotopic (exact) mass is 384 g/mol. The maximum absolute atomic E-state index is 12.7. The summed E-state index contributed by atoms with van der Waals surface area (Å²) in [4.78, 5) is 21.2. The highest BCUT2D eigenvalue weighted by Crippen LogP contribution is 2.34. The minimum atomic E-state index is -0.307. The van der Waals surface area contributed by atoms with E-state index in [2.05, 4.69) is 15.3 Å². The van der Waals surface area contributed by atoms with Gasteiger partial charge in [0.15, 0.2) is 0 Å². The van der Waals surface area contributed by atoms with Crippen molar-refractivity contribution in [2.75, 3.05) is 13.7 Å². The normalized spacial score (nSPS) is 15.1. The number of hydrogen-bond acceptors (Lipinski definition) is 5. The van der Waals surface area contributed by atoms with E-state index in [1.807, 2.05) is 19.2 Å². The number of imidazole rings is 1. The molecule has 138 valence electrons. The number of aromatic nitrogens is 3. The van der Waals surface area contributed by atoms with Gasteiger partial charge >= 0.3 is 0 Å². The Morgan fingerprint density at radius 2 is 2.22 bits per heavy atom. The van der Waals surface area contributed by atoms with Crippen LogP contribution in [0.25, 0.3) is 5.69 Å². The Balaban J connectivity index is 1.56. The molecule has 1 aliphatic rings. The van der Waals surface area contributed by atoms with Gasteiger partial charge in [0, 0.05) is 16.8 Å². The number of fused-ring (bicyclic) bond motifs is 1. The second-order valence-corrected chi connectivity index (χ2v) is 6.60. The fourth-order valence-electron chi connectivity index (χ4n) is 2.99. The number of nitrogens with zero attached hydrogens (tertiary/aromatic N) is 3. The maximum Gasteiger partial charge on any atom is 0.270 e. The quantitative estimate of drug-likeness (QED) is 0.747. The highest BCUT2D eigenvalue weighted by atomic mass is 35.5. The standard InChI is InChI=1S/C19H17ClN4O3/c1-11-8-24(10-21-11)16-6-5-14(23-19(16)26-2)18(25)22-15-9-27-17-7-12(20)3-4-13(15)17/h3-8,10,15H,9H2,1-2H3,(H,22,25)/t15-/m1/s1. The summed E-state index contributed by atoms with van der Waals surface area (Å²) >= 11 is 5.98. The molecule has 0 radical (unpaired) electrons. The van der Waals surface area contributed by atoms with Crippen molar-refractivity contribution in [3.8, 4) is 17.3 Å². The molecule has 2 aromatic heterocycles. The van der Waals surface area contributed by atoms with Gasteiger partial charge in [-0.3, -0.25) is 4.79 Å². The van der Waals surface area contributed by atoms with E-state index in [1.165, 1.54) is 7.11 Å². The first kappa shape index (κ1) is 17.4. The summed E-state index contributed by atoms with van der Waals surface area (Å²) in [5.74, 6) is 0.720. The van der Waals surface area contributed by atoms with Gasteiger partial charge in [-0.25, -0.2) is 9.97 Å². The molecule has 0 saturated heterocycles. The van der Waals surface area contributed by atoms with Crippen LogP contribution in [0, 0.1) is 6.92 Å². The van der Waals surface area contributed by atoms with Crippen molar-refractivity contribution in [3.05, 3.63) is 64.8 Å². The number of aryl methyl sites for hydroxylation is 1. The number of pyridine rings is 1. The average Bonchev–Trinajstić information content (AvgIpc) is 3.27. The minimum Gasteiger partial charge on any atom is -0.491 e. The van der Waals surface area contributed by atoms with Crippen LogP contribution < -0.4 is 14.8 Å². The van der Waals surface area contributed by atoms with E-state index in [1.54, 1.807) is 35.2 Å². The number of nitrogens with one attached hydrogen (secondary N) is 1. The van der Waals surface area contributed by atoms with Gasteiger partial charge in [-0.05, 0) is 31.2 Å². The molecule has 1 atom stereocenters. The molecule has 0 fully saturated rings. The van der Waals surface area contributed by atoms with E-state index >= 15 is 0 Å². The van der Waals surface area contributed by atoms with Crippen molar-refractivity contribution in [2.45, 2.75) is 13.0 Å². The number of carbonyl (C=O) groups is 1. The fourth-order valence-corrected chi connectivity index (χ4v) is 3.16. The third-order valence-corrected chi connectivity index (χ3v) is 4.55. The van der Waals surface area contributed by atoms with Gasteiger partial charge in [0.05, 0.1) is 25.2 Å². The van der Waals surface area contributed by atoms with Crippen LogP contribution in [0.4, 0.5) is 0 Å². The Bertz CT molecular complexity index is 1020. The molecule has 0 spiro atoms. The van der Waals surface area contributed by atoms with Gasteiger partial charge in [0.1, 0.15) is 23.7 Å². The zero-order chi connectivity index (χ0) is 19.0. The van der Waals surface area contributed by atoms with Gasteiger partial charge in [-0.2, -0.15) is 0 Å². The summed E-state index contributed by atoms with van der Waals surface area (Å²) in [5.41, 5.74) is 2.73. The minimum absolute atomic E-state index is 0.256. The predicted molar refractivity (Wildman–Crippen MR) is 99.8 cm³/mol. The molecule has 27 heavy (non-hydrogen) atoms. The number of ether oxygens (including phenoxy) is 2. The van der Waals surface area contributed by atoms with Crippen molar-refractivity contribution in [1.82, 2.24) is 19.9 Å². The van der Waals surface area contributed by atoms with Gasteiger partial charge in [-0.15, -0.1) is 0 Å². The number of methoxy groups -OCH3 is 1. The zero-order valence-corrected chi connectivity index (χ0v) is 15.5. The molecule has 3 heterocycles. The van der Waals surface area contributed by atoms with Crippen LogP contribution in [-0.4, -0.2) is 34.2 Å². The lowest BCUT2D eigenvalue weighted by atomic mass is 10.1. The van der Waals surface area contributed by atoms with Gasteiger partial charge in [0.25, 0.3) is 5.91 Å². The van der Waals surface area contributed by atoms with Crippen molar-refractivity contribution in [2.24, 2.45) is 0 Å². The van der Waals surface area contributed by atoms with Crippen molar-refractivity contribution in [1.29, 1.82) is 0 Å². The molecule has 1 aliphatic heterocycles. The molecule has 1 amide bonds. The van der Waals surface area contributed by atoms with E-state index in [-0.39, 0.29) is 17.6 Å². The molecule has 1 N–H and O–H groups in total. The lowest BCUT2D eigenvalue weighted by Gasteiger charge is -2.13. The second kappa shape index (κ2) is 6.92. The largest absolute Gasteiger partial charge is 0.491 e. The van der Waals surface area contributed by atoms with E-state index < -0.39 is 0 Å². The molecule has 7 nitrogen and oxygen atoms in total. The van der Waals surface area contributed by atoms with E-state index in [4.69, 9.17) is 21.1 Å². The highest BCUT2D eigenvalue weighted by molar-refractivity contribution is 6.30. The Morgan fingerprint density at radius 3 is 2.96 bits per heavy atom. The average molecular weight is 385 g/mol. The number of carbonyl (C=O) groups excluding carboxylic acids is 1. The molecule has 1 aromatic carbocycles. The van der Waals surface area contributed by atoms with Crippen molar-refractivity contribution in [3.63, 3.8) is 0 Å².